The molecule has 0 heterocycles. The molecule has 0 radical (unpaired) electrons. The lowest BCUT2D eigenvalue weighted by atomic mass is 10.3. The fraction of sp³-hybridized carbons (Fsp3) is 0.833. The van der Waals surface area contributed by atoms with E-state index >= 15 is 0 Å². The van der Waals surface area contributed by atoms with Gasteiger partial charge >= 0.3 is 5.97 Å². The first kappa shape index (κ1) is 9.39. The van der Waals surface area contributed by atoms with Gasteiger partial charge in [-0.2, -0.15) is 0 Å². The largest absolute Gasteiger partial charge is 0.460 e. The predicted octanol–water partition coefficient (Wildman–Crippen LogP) is -0.776. The van der Waals surface area contributed by atoms with Crippen molar-refractivity contribution in [3.63, 3.8) is 0 Å². The van der Waals surface area contributed by atoms with Gasteiger partial charge in [0.25, 0.3) is 0 Å². The molecule has 0 fully saturated rings. The third-order valence-electron chi connectivity index (χ3n) is 1.02. The molecule has 0 aliphatic rings. The van der Waals surface area contributed by atoms with E-state index in [0.717, 1.165) is 0 Å². The molecule has 0 saturated heterocycles. The lowest BCUT2D eigenvalue weighted by Gasteiger charge is -2.11. The van der Waals surface area contributed by atoms with Crippen molar-refractivity contribution in [2.24, 2.45) is 11.5 Å². The van der Waals surface area contributed by atoms with Gasteiger partial charge in [0.05, 0.1) is 0 Å². The lowest BCUT2D eigenvalue weighted by Crippen LogP contribution is -2.33. The summed E-state index contributed by atoms with van der Waals surface area (Å²) in [5.74, 6) is -0.405. The number of ether oxygens (including phenoxy) is 1. The summed E-state index contributed by atoms with van der Waals surface area (Å²) in [4.78, 5) is 10.7. The van der Waals surface area contributed by atoms with Crippen molar-refractivity contribution in [2.75, 3.05) is 6.54 Å². The molecule has 0 aromatic rings. The highest BCUT2D eigenvalue weighted by atomic mass is 16.5. The Bertz CT molecular complexity index is 114. The molecule has 10 heavy (non-hydrogen) atoms. The van der Waals surface area contributed by atoms with Crippen LogP contribution in [0, 0.1) is 0 Å². The molecule has 0 amide bonds. The number of carbonyl (C=O) groups excluding carboxylic acids is 1. The molecular weight excluding hydrogens is 132 g/mol. The normalized spacial score (nSPS) is 16.0. The standard InChI is InChI=1S/C6H14N2O2/c1-4(3-7)10-6(9)5(2)8/h4-5H,3,7-8H2,1-2H3/t4?,5-/m0/s1. The van der Waals surface area contributed by atoms with Crippen LogP contribution in [0.3, 0.4) is 0 Å². The Kier molecular flexibility index (Phi) is 3.99. The number of nitrogens with two attached hydrogens (primary N) is 2. The van der Waals surface area contributed by atoms with E-state index in [2.05, 4.69) is 0 Å². The quantitative estimate of drug-likeness (QED) is 0.512. The van der Waals surface area contributed by atoms with Crippen molar-refractivity contribution in [3.8, 4) is 0 Å². The van der Waals surface area contributed by atoms with Crippen LogP contribution in [0.2, 0.25) is 0 Å². The monoisotopic (exact) mass is 146 g/mol. The number of hydrogen-bond acceptors (Lipinski definition) is 4. The van der Waals surface area contributed by atoms with Gasteiger partial charge in [0.15, 0.2) is 0 Å². The second-order valence-corrected chi connectivity index (χ2v) is 2.27. The Balaban J connectivity index is 3.57. The third-order valence-corrected chi connectivity index (χ3v) is 1.02. The van der Waals surface area contributed by atoms with Crippen LogP contribution in [0.5, 0.6) is 0 Å². The van der Waals surface area contributed by atoms with E-state index in [1.165, 1.54) is 0 Å². The summed E-state index contributed by atoms with van der Waals surface area (Å²) in [6.07, 6.45) is -0.238. The maximum Gasteiger partial charge on any atom is 0.322 e. The van der Waals surface area contributed by atoms with Crippen LogP contribution in [0.1, 0.15) is 13.8 Å². The molecule has 1 unspecified atom stereocenters. The molecule has 0 spiro atoms. The zero-order valence-corrected chi connectivity index (χ0v) is 6.33. The van der Waals surface area contributed by atoms with Crippen LogP contribution >= 0.6 is 0 Å². The molecule has 0 aliphatic heterocycles. The van der Waals surface area contributed by atoms with Gasteiger partial charge in [-0.3, -0.25) is 4.79 Å². The summed E-state index contributed by atoms with van der Waals surface area (Å²) in [7, 11) is 0. The Morgan fingerprint density at radius 3 is 2.40 bits per heavy atom. The average Bonchev–Trinajstić information content (AvgIpc) is 1.87. The first-order valence-electron chi connectivity index (χ1n) is 3.24. The van der Waals surface area contributed by atoms with Crippen LogP contribution in [0.4, 0.5) is 0 Å². The molecule has 2 atom stereocenters. The first-order valence-corrected chi connectivity index (χ1v) is 3.24. The summed E-state index contributed by atoms with van der Waals surface area (Å²) in [6, 6.07) is -0.561. The van der Waals surface area contributed by atoms with E-state index < -0.39 is 12.0 Å². The van der Waals surface area contributed by atoms with E-state index in [-0.39, 0.29) is 6.10 Å². The lowest BCUT2D eigenvalue weighted by molar-refractivity contribution is -0.148. The molecule has 0 rings (SSSR count). The zero-order chi connectivity index (χ0) is 8.15. The van der Waals surface area contributed by atoms with Gasteiger partial charge in [-0.05, 0) is 13.8 Å². The maximum atomic E-state index is 10.7. The molecule has 0 aromatic heterocycles. The van der Waals surface area contributed by atoms with Crippen molar-refractivity contribution in [2.45, 2.75) is 26.0 Å². The van der Waals surface area contributed by atoms with Crippen LogP contribution in [-0.2, 0) is 9.53 Å². The predicted molar refractivity (Wildman–Crippen MR) is 38.3 cm³/mol. The summed E-state index contributed by atoms with van der Waals surface area (Å²) >= 11 is 0. The smallest absolute Gasteiger partial charge is 0.322 e. The zero-order valence-electron chi connectivity index (χ0n) is 6.33. The SMILES string of the molecule is CC(CN)OC(=O)[C@H](C)N. The molecule has 4 heteroatoms. The molecule has 0 aliphatic carbocycles. The van der Waals surface area contributed by atoms with Crippen LogP contribution < -0.4 is 11.5 Å². The van der Waals surface area contributed by atoms with E-state index in [1.807, 2.05) is 0 Å². The highest BCUT2D eigenvalue weighted by Gasteiger charge is 2.11. The molecule has 60 valence electrons. The van der Waals surface area contributed by atoms with Crippen LogP contribution in [0.25, 0.3) is 0 Å². The molecule has 0 aromatic carbocycles. The Morgan fingerprint density at radius 1 is 1.60 bits per heavy atom. The molecule has 0 saturated carbocycles. The fourth-order valence-corrected chi connectivity index (χ4v) is 0.354. The maximum absolute atomic E-state index is 10.7. The van der Waals surface area contributed by atoms with Crippen LogP contribution in [-0.4, -0.2) is 24.7 Å². The minimum atomic E-state index is -0.561. The molecule has 4 nitrogen and oxygen atoms in total. The van der Waals surface area contributed by atoms with E-state index in [1.54, 1.807) is 13.8 Å². The topological polar surface area (TPSA) is 78.3 Å². The van der Waals surface area contributed by atoms with Gasteiger partial charge < -0.3 is 16.2 Å². The molecular formula is C6H14N2O2. The van der Waals surface area contributed by atoms with E-state index in [0.29, 0.717) is 6.54 Å². The van der Waals surface area contributed by atoms with Crippen molar-refractivity contribution in [1.29, 1.82) is 0 Å². The second-order valence-electron chi connectivity index (χ2n) is 2.27. The average molecular weight is 146 g/mol. The minimum absolute atomic E-state index is 0.238. The van der Waals surface area contributed by atoms with Crippen molar-refractivity contribution in [3.05, 3.63) is 0 Å². The Morgan fingerprint density at radius 2 is 2.10 bits per heavy atom. The highest BCUT2D eigenvalue weighted by Crippen LogP contribution is 1.90. The van der Waals surface area contributed by atoms with Crippen molar-refractivity contribution < 1.29 is 9.53 Å². The van der Waals surface area contributed by atoms with Gasteiger partial charge in [0.2, 0.25) is 0 Å². The molecule has 0 bridgehead atoms. The number of carbonyl (C=O) groups is 1. The second kappa shape index (κ2) is 4.24. The Hall–Kier alpha value is -0.610. The van der Waals surface area contributed by atoms with E-state index in [9.17, 15) is 4.79 Å². The van der Waals surface area contributed by atoms with Crippen molar-refractivity contribution in [1.82, 2.24) is 0 Å². The summed E-state index contributed by atoms with van der Waals surface area (Å²) in [5.41, 5.74) is 10.4. The number of esters is 1. The molecule has 4 N–H and O–H groups in total. The van der Waals surface area contributed by atoms with Gasteiger partial charge in [0.1, 0.15) is 12.1 Å². The van der Waals surface area contributed by atoms with Crippen molar-refractivity contribution >= 4 is 5.97 Å². The first-order chi connectivity index (χ1) is 4.57. The summed E-state index contributed by atoms with van der Waals surface area (Å²) in [6.45, 7) is 3.63. The third kappa shape index (κ3) is 3.42. The van der Waals surface area contributed by atoms with Gasteiger partial charge in [-0.15, -0.1) is 0 Å². The summed E-state index contributed by atoms with van der Waals surface area (Å²) in [5, 5.41) is 0. The van der Waals surface area contributed by atoms with Gasteiger partial charge in [0, 0.05) is 6.54 Å². The highest BCUT2D eigenvalue weighted by molar-refractivity contribution is 5.75. The summed E-state index contributed by atoms with van der Waals surface area (Å²) < 4.78 is 4.77. The van der Waals surface area contributed by atoms with Gasteiger partial charge in [-0.1, -0.05) is 0 Å². The Labute approximate surface area is 60.5 Å². The van der Waals surface area contributed by atoms with Gasteiger partial charge in [-0.25, -0.2) is 0 Å². The van der Waals surface area contributed by atoms with E-state index in [4.69, 9.17) is 16.2 Å². The number of hydrogen-bond donors (Lipinski definition) is 2. The number of rotatable bonds is 3. The van der Waals surface area contributed by atoms with Crippen LogP contribution in [0.15, 0.2) is 0 Å². The minimum Gasteiger partial charge on any atom is -0.460 e. The fourth-order valence-electron chi connectivity index (χ4n) is 0.354.